The molecule has 5 nitrogen and oxygen atoms in total. The van der Waals surface area contributed by atoms with E-state index >= 15 is 0 Å². The number of benzene rings is 1. The van der Waals surface area contributed by atoms with Gasteiger partial charge in [-0.2, -0.15) is 0 Å². The molecule has 1 aromatic rings. The third-order valence-electron chi connectivity index (χ3n) is 1.79. The summed E-state index contributed by atoms with van der Waals surface area (Å²) in [6, 6.07) is 6.35. The summed E-state index contributed by atoms with van der Waals surface area (Å²) in [5.74, 6) is -0.942. The van der Waals surface area contributed by atoms with Crippen molar-refractivity contribution in [3.8, 4) is 0 Å². The van der Waals surface area contributed by atoms with Crippen LogP contribution in [0.25, 0.3) is 0 Å². The Balaban J connectivity index is 2.49. The topological polar surface area (TPSA) is 73.4 Å². The van der Waals surface area contributed by atoms with Gasteiger partial charge in [-0.15, -0.1) is 0 Å². The van der Waals surface area contributed by atoms with Gasteiger partial charge < -0.3 is 10.4 Å². The molecule has 16 heavy (non-hydrogen) atoms. The Kier molecular flexibility index (Phi) is 4.53. The van der Waals surface area contributed by atoms with Crippen LogP contribution in [0.4, 0.5) is 5.69 Å². The van der Waals surface area contributed by atoms with Gasteiger partial charge in [-0.25, -0.2) is 4.79 Å². The zero-order chi connectivity index (χ0) is 12.0. The minimum atomic E-state index is -0.942. The maximum atomic E-state index is 10.6. The fraction of sp³-hybridized carbons (Fsp3) is 0.200. The number of thiocarbonyl (C=S) groups is 1. The summed E-state index contributed by atoms with van der Waals surface area (Å²) in [6.07, 6.45) is 0. The SMILES string of the molecule is CCNC(=S)NNc1ccc(C(=O)O)cc1. The number of hydrazine groups is 1. The van der Waals surface area contributed by atoms with Crippen LogP contribution in [0, 0.1) is 0 Å². The van der Waals surface area contributed by atoms with Gasteiger partial charge in [-0.3, -0.25) is 10.9 Å². The minimum Gasteiger partial charge on any atom is -0.478 e. The van der Waals surface area contributed by atoms with E-state index in [1.165, 1.54) is 12.1 Å². The second-order valence-corrected chi connectivity index (χ2v) is 3.40. The monoisotopic (exact) mass is 239 g/mol. The number of carboxylic acids is 1. The second kappa shape index (κ2) is 5.92. The maximum absolute atomic E-state index is 10.6. The van der Waals surface area contributed by atoms with Gasteiger partial charge in [0.15, 0.2) is 5.11 Å². The predicted molar refractivity (Wildman–Crippen MR) is 66.4 cm³/mol. The van der Waals surface area contributed by atoms with Crippen LogP contribution in [0.5, 0.6) is 0 Å². The highest BCUT2D eigenvalue weighted by molar-refractivity contribution is 7.80. The van der Waals surface area contributed by atoms with Crippen LogP contribution in [0.15, 0.2) is 24.3 Å². The predicted octanol–water partition coefficient (Wildman–Crippen LogP) is 1.20. The molecular weight excluding hydrogens is 226 g/mol. The Bertz CT molecular complexity index is 378. The molecule has 1 aromatic carbocycles. The smallest absolute Gasteiger partial charge is 0.335 e. The highest BCUT2D eigenvalue weighted by atomic mass is 32.1. The van der Waals surface area contributed by atoms with Crippen LogP contribution >= 0.6 is 12.2 Å². The molecule has 0 radical (unpaired) electrons. The molecule has 86 valence electrons. The number of anilines is 1. The van der Waals surface area contributed by atoms with Crippen LogP contribution < -0.4 is 16.2 Å². The van der Waals surface area contributed by atoms with Crippen LogP contribution in [0.3, 0.4) is 0 Å². The molecule has 0 heterocycles. The first kappa shape index (κ1) is 12.3. The molecule has 6 heteroatoms. The van der Waals surface area contributed by atoms with Crippen molar-refractivity contribution in [2.45, 2.75) is 6.92 Å². The molecule has 0 amide bonds. The van der Waals surface area contributed by atoms with E-state index in [9.17, 15) is 4.79 Å². The standard InChI is InChI=1S/C10H13N3O2S/c1-2-11-10(16)13-12-8-5-3-7(4-6-8)9(14)15/h3-6,12H,2H2,1H3,(H,14,15)(H2,11,13,16). The Morgan fingerprint density at radius 3 is 2.50 bits per heavy atom. The quantitative estimate of drug-likeness (QED) is 0.467. The lowest BCUT2D eigenvalue weighted by molar-refractivity contribution is 0.0697. The third-order valence-corrected chi connectivity index (χ3v) is 2.04. The number of hydrogen-bond donors (Lipinski definition) is 4. The largest absolute Gasteiger partial charge is 0.478 e. The zero-order valence-corrected chi connectivity index (χ0v) is 9.60. The first-order valence-electron chi connectivity index (χ1n) is 4.76. The van der Waals surface area contributed by atoms with Gasteiger partial charge >= 0.3 is 5.97 Å². The van der Waals surface area contributed by atoms with Crippen molar-refractivity contribution >= 4 is 29.0 Å². The summed E-state index contributed by atoms with van der Waals surface area (Å²) in [4.78, 5) is 10.6. The van der Waals surface area contributed by atoms with E-state index in [0.717, 1.165) is 12.2 Å². The molecule has 0 aliphatic rings. The molecule has 0 aliphatic heterocycles. The van der Waals surface area contributed by atoms with Crippen molar-refractivity contribution in [3.63, 3.8) is 0 Å². The van der Waals surface area contributed by atoms with Gasteiger partial charge in [0.25, 0.3) is 0 Å². The van der Waals surface area contributed by atoms with Crippen LogP contribution in [0.1, 0.15) is 17.3 Å². The fourth-order valence-corrected chi connectivity index (χ4v) is 1.23. The average molecular weight is 239 g/mol. The fourth-order valence-electron chi connectivity index (χ4n) is 1.03. The summed E-state index contributed by atoms with van der Waals surface area (Å²) in [5.41, 5.74) is 6.61. The van der Waals surface area contributed by atoms with Crippen molar-refractivity contribution in [2.75, 3.05) is 12.0 Å². The van der Waals surface area contributed by atoms with Gasteiger partial charge in [-0.1, -0.05) is 0 Å². The van der Waals surface area contributed by atoms with E-state index in [4.69, 9.17) is 17.3 Å². The van der Waals surface area contributed by atoms with Crippen LogP contribution in [0.2, 0.25) is 0 Å². The number of carboxylic acid groups (broad SMARTS) is 1. The molecule has 1 rings (SSSR count). The highest BCUT2D eigenvalue weighted by Gasteiger charge is 2.01. The van der Waals surface area contributed by atoms with E-state index < -0.39 is 5.97 Å². The number of hydrogen-bond acceptors (Lipinski definition) is 3. The molecule has 0 spiro atoms. The number of aromatic carboxylic acids is 1. The van der Waals surface area contributed by atoms with E-state index in [1.807, 2.05) is 6.92 Å². The third kappa shape index (κ3) is 3.74. The van der Waals surface area contributed by atoms with Crippen molar-refractivity contribution in [1.82, 2.24) is 10.7 Å². The van der Waals surface area contributed by atoms with Gasteiger partial charge in [0.1, 0.15) is 0 Å². The molecule has 4 N–H and O–H groups in total. The summed E-state index contributed by atoms with van der Waals surface area (Å²) in [7, 11) is 0. The molecule has 0 atom stereocenters. The highest BCUT2D eigenvalue weighted by Crippen LogP contribution is 2.07. The van der Waals surface area contributed by atoms with Crippen molar-refractivity contribution < 1.29 is 9.90 Å². The Morgan fingerprint density at radius 2 is 2.00 bits per heavy atom. The molecule has 0 saturated heterocycles. The van der Waals surface area contributed by atoms with E-state index in [2.05, 4.69) is 16.2 Å². The van der Waals surface area contributed by atoms with Gasteiger partial charge in [0.05, 0.1) is 11.3 Å². The first-order valence-corrected chi connectivity index (χ1v) is 5.17. The van der Waals surface area contributed by atoms with Crippen molar-refractivity contribution in [3.05, 3.63) is 29.8 Å². The van der Waals surface area contributed by atoms with Gasteiger partial charge in [0.2, 0.25) is 0 Å². The summed E-state index contributed by atoms with van der Waals surface area (Å²) in [5, 5.41) is 12.1. The minimum absolute atomic E-state index is 0.250. The van der Waals surface area contributed by atoms with Gasteiger partial charge in [0, 0.05) is 6.54 Å². The maximum Gasteiger partial charge on any atom is 0.335 e. The molecule has 0 aromatic heterocycles. The normalized spacial score (nSPS) is 9.31. The van der Waals surface area contributed by atoms with E-state index in [0.29, 0.717) is 5.11 Å². The van der Waals surface area contributed by atoms with Crippen molar-refractivity contribution in [1.29, 1.82) is 0 Å². The number of rotatable bonds is 4. The summed E-state index contributed by atoms with van der Waals surface area (Å²) >= 11 is 4.94. The number of nitrogens with one attached hydrogen (secondary N) is 3. The molecule has 0 bridgehead atoms. The lowest BCUT2D eigenvalue weighted by Gasteiger charge is -2.11. The number of carbonyl (C=O) groups is 1. The molecule has 0 fully saturated rings. The molecular formula is C10H13N3O2S. The van der Waals surface area contributed by atoms with Gasteiger partial charge in [-0.05, 0) is 43.4 Å². The van der Waals surface area contributed by atoms with Crippen molar-refractivity contribution in [2.24, 2.45) is 0 Å². The lowest BCUT2D eigenvalue weighted by atomic mass is 10.2. The Labute approximate surface area is 98.8 Å². The van der Waals surface area contributed by atoms with E-state index in [-0.39, 0.29) is 5.56 Å². The summed E-state index contributed by atoms with van der Waals surface area (Å²) < 4.78 is 0. The summed E-state index contributed by atoms with van der Waals surface area (Å²) in [6.45, 7) is 2.68. The molecule has 0 unspecified atom stereocenters. The molecule has 0 saturated carbocycles. The zero-order valence-electron chi connectivity index (χ0n) is 8.78. The average Bonchev–Trinajstić information content (AvgIpc) is 2.27. The Morgan fingerprint density at radius 1 is 1.38 bits per heavy atom. The van der Waals surface area contributed by atoms with E-state index in [1.54, 1.807) is 12.1 Å². The Hall–Kier alpha value is -1.82. The van der Waals surface area contributed by atoms with Crippen LogP contribution in [-0.4, -0.2) is 22.7 Å². The first-order chi connectivity index (χ1) is 7.63. The lowest BCUT2D eigenvalue weighted by Crippen LogP contribution is -2.38. The van der Waals surface area contributed by atoms with Crippen LogP contribution in [-0.2, 0) is 0 Å². The second-order valence-electron chi connectivity index (χ2n) is 2.99. The molecule has 0 aliphatic carbocycles.